The van der Waals surface area contributed by atoms with Crippen molar-refractivity contribution in [1.29, 1.82) is 0 Å². The smallest absolute Gasteiger partial charge is 0.225 e. The Kier molecular flexibility index (Phi) is 5.79. The molecular formula is C14H21NO4. The summed E-state index contributed by atoms with van der Waals surface area (Å²) < 4.78 is 5.18. The molecule has 0 fully saturated rings. The quantitative estimate of drug-likeness (QED) is 0.671. The van der Waals surface area contributed by atoms with E-state index in [4.69, 9.17) is 4.74 Å². The standard InChI is InChI=1S/C14H21NO4/c1-3-14(9-16,10-17)15-13(18)8-11-6-4-5-7-12(11)19-2/h4-7,16-17H,3,8-10H2,1-2H3,(H,15,18). The van der Waals surface area contributed by atoms with Crippen molar-refractivity contribution in [2.24, 2.45) is 0 Å². The highest BCUT2D eigenvalue weighted by Crippen LogP contribution is 2.18. The van der Waals surface area contributed by atoms with Crippen LogP contribution in [0.2, 0.25) is 0 Å². The van der Waals surface area contributed by atoms with Gasteiger partial charge in [-0.1, -0.05) is 25.1 Å². The van der Waals surface area contributed by atoms with Crippen LogP contribution in [0.5, 0.6) is 5.75 Å². The van der Waals surface area contributed by atoms with E-state index in [1.165, 1.54) is 0 Å². The SMILES string of the molecule is CCC(CO)(CO)NC(=O)Cc1ccccc1OC. The van der Waals surface area contributed by atoms with Gasteiger partial charge in [-0.15, -0.1) is 0 Å². The summed E-state index contributed by atoms with van der Waals surface area (Å²) in [6, 6.07) is 7.26. The van der Waals surface area contributed by atoms with Gasteiger partial charge in [-0.05, 0) is 12.5 Å². The predicted octanol–water partition coefficient (Wildman–Crippen LogP) is 0.487. The largest absolute Gasteiger partial charge is 0.496 e. The second-order valence-electron chi connectivity index (χ2n) is 4.49. The minimum absolute atomic E-state index is 0.145. The first-order chi connectivity index (χ1) is 9.10. The fraction of sp³-hybridized carbons (Fsp3) is 0.500. The molecule has 0 aliphatic carbocycles. The highest BCUT2D eigenvalue weighted by Gasteiger charge is 2.28. The number of carbonyl (C=O) groups is 1. The zero-order valence-corrected chi connectivity index (χ0v) is 11.3. The molecule has 1 rings (SSSR count). The molecule has 1 aromatic rings. The van der Waals surface area contributed by atoms with Crippen molar-refractivity contribution in [2.75, 3.05) is 20.3 Å². The number of carbonyl (C=O) groups excluding carboxylic acids is 1. The highest BCUT2D eigenvalue weighted by molar-refractivity contribution is 5.80. The maximum absolute atomic E-state index is 12.0. The molecular weight excluding hydrogens is 246 g/mol. The minimum atomic E-state index is -0.959. The van der Waals surface area contributed by atoms with Crippen molar-refractivity contribution in [3.8, 4) is 5.75 Å². The summed E-state index contributed by atoms with van der Waals surface area (Å²) >= 11 is 0. The number of ether oxygens (including phenoxy) is 1. The van der Waals surface area contributed by atoms with Gasteiger partial charge in [0, 0.05) is 5.56 Å². The maximum Gasteiger partial charge on any atom is 0.225 e. The van der Waals surface area contributed by atoms with E-state index in [-0.39, 0.29) is 25.5 Å². The van der Waals surface area contributed by atoms with Gasteiger partial charge in [-0.3, -0.25) is 4.79 Å². The average Bonchev–Trinajstić information content (AvgIpc) is 2.45. The van der Waals surface area contributed by atoms with Gasteiger partial charge in [0.15, 0.2) is 0 Å². The monoisotopic (exact) mass is 267 g/mol. The van der Waals surface area contributed by atoms with Crippen LogP contribution in [0.3, 0.4) is 0 Å². The summed E-state index contributed by atoms with van der Waals surface area (Å²) in [5.74, 6) is 0.391. The Morgan fingerprint density at radius 2 is 1.95 bits per heavy atom. The molecule has 0 atom stereocenters. The number of benzene rings is 1. The second-order valence-corrected chi connectivity index (χ2v) is 4.49. The average molecular weight is 267 g/mol. The van der Waals surface area contributed by atoms with Crippen molar-refractivity contribution in [2.45, 2.75) is 25.3 Å². The van der Waals surface area contributed by atoms with Crippen molar-refractivity contribution in [1.82, 2.24) is 5.32 Å². The summed E-state index contributed by atoms with van der Waals surface area (Å²) in [6.07, 6.45) is 0.601. The lowest BCUT2D eigenvalue weighted by Gasteiger charge is -2.29. The predicted molar refractivity (Wildman–Crippen MR) is 72.0 cm³/mol. The molecule has 0 saturated carbocycles. The Hall–Kier alpha value is -1.59. The van der Waals surface area contributed by atoms with Crippen LogP contribution in [-0.2, 0) is 11.2 Å². The molecule has 0 aliphatic rings. The van der Waals surface area contributed by atoms with E-state index < -0.39 is 5.54 Å². The number of aliphatic hydroxyl groups excluding tert-OH is 2. The maximum atomic E-state index is 12.0. The van der Waals surface area contributed by atoms with Crippen LogP contribution in [-0.4, -0.2) is 42.0 Å². The molecule has 0 saturated heterocycles. The molecule has 5 nitrogen and oxygen atoms in total. The summed E-state index contributed by atoms with van der Waals surface area (Å²) in [5.41, 5.74) is -0.192. The molecule has 1 aromatic carbocycles. The molecule has 106 valence electrons. The fourth-order valence-electron chi connectivity index (χ4n) is 1.80. The molecule has 1 amide bonds. The van der Waals surface area contributed by atoms with Crippen LogP contribution in [0.1, 0.15) is 18.9 Å². The van der Waals surface area contributed by atoms with Crippen LogP contribution >= 0.6 is 0 Å². The zero-order chi connectivity index (χ0) is 14.3. The second kappa shape index (κ2) is 7.11. The van der Waals surface area contributed by atoms with Crippen molar-refractivity contribution < 1.29 is 19.7 Å². The van der Waals surface area contributed by atoms with Gasteiger partial charge in [0.2, 0.25) is 5.91 Å². The Labute approximate surface area is 113 Å². The fourth-order valence-corrected chi connectivity index (χ4v) is 1.80. The number of aliphatic hydroxyl groups is 2. The van der Waals surface area contributed by atoms with Gasteiger partial charge in [0.25, 0.3) is 0 Å². The Bertz CT molecular complexity index is 407. The summed E-state index contributed by atoms with van der Waals surface area (Å²) in [4.78, 5) is 12.0. The Balaban J connectivity index is 2.74. The third-order valence-corrected chi connectivity index (χ3v) is 3.23. The van der Waals surface area contributed by atoms with E-state index in [9.17, 15) is 15.0 Å². The first-order valence-electron chi connectivity index (χ1n) is 6.25. The van der Waals surface area contributed by atoms with Gasteiger partial charge in [-0.2, -0.15) is 0 Å². The third kappa shape index (κ3) is 3.94. The van der Waals surface area contributed by atoms with Crippen molar-refractivity contribution in [3.63, 3.8) is 0 Å². The number of methoxy groups -OCH3 is 1. The lowest BCUT2D eigenvalue weighted by atomic mass is 9.98. The van der Waals surface area contributed by atoms with Gasteiger partial charge >= 0.3 is 0 Å². The van der Waals surface area contributed by atoms with Crippen molar-refractivity contribution in [3.05, 3.63) is 29.8 Å². The van der Waals surface area contributed by atoms with E-state index in [0.29, 0.717) is 12.2 Å². The molecule has 0 bridgehead atoms. The van der Waals surface area contributed by atoms with Crippen LogP contribution in [0.4, 0.5) is 0 Å². The Morgan fingerprint density at radius 1 is 1.32 bits per heavy atom. The van der Waals surface area contributed by atoms with Gasteiger partial charge in [0.05, 0.1) is 32.3 Å². The number of para-hydroxylation sites is 1. The first kappa shape index (κ1) is 15.5. The Morgan fingerprint density at radius 3 is 2.47 bits per heavy atom. The number of hydrogen-bond acceptors (Lipinski definition) is 4. The lowest BCUT2D eigenvalue weighted by molar-refractivity contribution is -0.123. The summed E-state index contributed by atoms with van der Waals surface area (Å²) in [5, 5.41) is 21.3. The molecule has 0 unspecified atom stereocenters. The van der Waals surface area contributed by atoms with E-state index in [2.05, 4.69) is 5.32 Å². The van der Waals surface area contributed by atoms with E-state index >= 15 is 0 Å². The molecule has 0 heterocycles. The molecule has 0 aromatic heterocycles. The number of hydrogen-bond donors (Lipinski definition) is 3. The summed E-state index contributed by atoms with van der Waals surface area (Å²) in [7, 11) is 1.55. The normalized spacial score (nSPS) is 11.2. The van der Waals surface area contributed by atoms with Crippen molar-refractivity contribution >= 4 is 5.91 Å². The van der Waals surface area contributed by atoms with E-state index in [1.807, 2.05) is 18.2 Å². The molecule has 0 spiro atoms. The van der Waals surface area contributed by atoms with Crippen LogP contribution < -0.4 is 10.1 Å². The molecule has 19 heavy (non-hydrogen) atoms. The number of nitrogens with one attached hydrogen (secondary N) is 1. The van der Waals surface area contributed by atoms with Crippen LogP contribution in [0.15, 0.2) is 24.3 Å². The van der Waals surface area contributed by atoms with Gasteiger partial charge in [-0.25, -0.2) is 0 Å². The molecule has 3 N–H and O–H groups in total. The van der Waals surface area contributed by atoms with E-state index in [1.54, 1.807) is 20.1 Å². The van der Waals surface area contributed by atoms with Crippen LogP contribution in [0, 0.1) is 0 Å². The highest BCUT2D eigenvalue weighted by atomic mass is 16.5. The summed E-state index contributed by atoms with van der Waals surface area (Å²) in [6.45, 7) is 1.21. The van der Waals surface area contributed by atoms with E-state index in [0.717, 1.165) is 5.56 Å². The number of amides is 1. The number of rotatable bonds is 7. The molecule has 0 radical (unpaired) electrons. The van der Waals surface area contributed by atoms with Gasteiger partial charge in [0.1, 0.15) is 5.75 Å². The minimum Gasteiger partial charge on any atom is -0.496 e. The first-order valence-corrected chi connectivity index (χ1v) is 6.25. The third-order valence-electron chi connectivity index (χ3n) is 3.23. The zero-order valence-electron chi connectivity index (χ0n) is 11.3. The molecule has 0 aliphatic heterocycles. The van der Waals surface area contributed by atoms with Gasteiger partial charge < -0.3 is 20.3 Å². The topological polar surface area (TPSA) is 78.8 Å². The molecule has 5 heteroatoms. The lowest BCUT2D eigenvalue weighted by Crippen LogP contribution is -2.54. The van der Waals surface area contributed by atoms with Crippen LogP contribution in [0.25, 0.3) is 0 Å².